The number of nitrogens with two attached hydrogens (primary N) is 2. The Morgan fingerprint density at radius 2 is 2.07 bits per heavy atom. The van der Waals surface area contributed by atoms with E-state index in [1.807, 2.05) is 0 Å². The molecule has 0 saturated carbocycles. The number of anilines is 2. The van der Waals surface area contributed by atoms with Gasteiger partial charge in [0.05, 0.1) is 6.61 Å². The second-order valence-electron chi connectivity index (χ2n) is 2.35. The van der Waals surface area contributed by atoms with E-state index in [4.69, 9.17) is 23.1 Å². The minimum Gasteiger partial charge on any atom is -0.461 e. The quantitative estimate of drug-likeness (QED) is 0.697. The summed E-state index contributed by atoms with van der Waals surface area (Å²) >= 11 is 5.57. The first-order chi connectivity index (χ1) is 6.56. The van der Waals surface area contributed by atoms with E-state index in [1.54, 1.807) is 6.92 Å². The van der Waals surface area contributed by atoms with Gasteiger partial charge in [0.25, 0.3) is 0 Å². The lowest BCUT2D eigenvalue weighted by atomic mass is 10.4. The number of nitrogen functional groups attached to an aromatic ring is 2. The molecule has 76 valence electrons. The molecular formula is C7H9ClN4O2. The molecule has 0 spiro atoms. The lowest BCUT2D eigenvalue weighted by Crippen LogP contribution is -2.13. The van der Waals surface area contributed by atoms with Crippen LogP contribution in [0.25, 0.3) is 0 Å². The Kier molecular flexibility index (Phi) is 3.08. The molecule has 6 nitrogen and oxygen atoms in total. The Balaban J connectivity index is 3.09. The maximum Gasteiger partial charge on any atom is 0.360 e. The van der Waals surface area contributed by atoms with Crippen molar-refractivity contribution in [2.24, 2.45) is 0 Å². The van der Waals surface area contributed by atoms with E-state index < -0.39 is 5.97 Å². The van der Waals surface area contributed by atoms with Gasteiger partial charge in [0, 0.05) is 0 Å². The standard InChI is InChI=1S/C7H9ClN4O2/c1-2-14-7(13)3-5(9)12-6(10)4(8)11-3/h2H2,1H3,(H4,9,10,12). The summed E-state index contributed by atoms with van der Waals surface area (Å²) in [6, 6.07) is 0. The number of carbonyl (C=O) groups is 1. The molecule has 0 aromatic carbocycles. The van der Waals surface area contributed by atoms with E-state index >= 15 is 0 Å². The molecule has 1 rings (SSSR count). The van der Waals surface area contributed by atoms with Crippen LogP contribution in [0.4, 0.5) is 11.6 Å². The first-order valence-electron chi connectivity index (χ1n) is 3.81. The van der Waals surface area contributed by atoms with Crippen molar-refractivity contribution in [3.8, 4) is 0 Å². The van der Waals surface area contributed by atoms with Gasteiger partial charge in [-0.25, -0.2) is 14.8 Å². The molecule has 0 bridgehead atoms. The largest absolute Gasteiger partial charge is 0.461 e. The predicted octanol–water partition coefficient (Wildman–Crippen LogP) is 0.471. The SMILES string of the molecule is CCOC(=O)c1nc(Cl)c(N)nc1N. The van der Waals surface area contributed by atoms with Crippen molar-refractivity contribution in [1.82, 2.24) is 9.97 Å². The Labute approximate surface area is 85.2 Å². The molecular weight excluding hydrogens is 208 g/mol. The van der Waals surface area contributed by atoms with Crippen LogP contribution in [-0.4, -0.2) is 22.5 Å². The maximum atomic E-state index is 11.2. The van der Waals surface area contributed by atoms with Gasteiger partial charge in [0.15, 0.2) is 22.5 Å². The van der Waals surface area contributed by atoms with Gasteiger partial charge >= 0.3 is 5.97 Å². The van der Waals surface area contributed by atoms with Crippen molar-refractivity contribution in [3.63, 3.8) is 0 Å². The molecule has 0 aliphatic heterocycles. The smallest absolute Gasteiger partial charge is 0.360 e. The van der Waals surface area contributed by atoms with Crippen molar-refractivity contribution in [3.05, 3.63) is 10.8 Å². The summed E-state index contributed by atoms with van der Waals surface area (Å²) in [5.74, 6) is -0.776. The number of nitrogens with zero attached hydrogens (tertiary/aromatic N) is 2. The average Bonchev–Trinajstić information content (AvgIpc) is 2.11. The molecule has 4 N–H and O–H groups in total. The van der Waals surface area contributed by atoms with Crippen molar-refractivity contribution >= 4 is 29.2 Å². The van der Waals surface area contributed by atoms with E-state index in [0.29, 0.717) is 0 Å². The number of esters is 1. The van der Waals surface area contributed by atoms with Gasteiger partial charge in [-0.15, -0.1) is 0 Å². The van der Waals surface area contributed by atoms with Crippen LogP contribution >= 0.6 is 11.6 Å². The molecule has 0 aliphatic rings. The first kappa shape index (κ1) is 10.5. The third-order valence-electron chi connectivity index (χ3n) is 1.37. The third kappa shape index (κ3) is 2.02. The number of hydrogen-bond donors (Lipinski definition) is 2. The summed E-state index contributed by atoms with van der Waals surface area (Å²) in [5.41, 5.74) is 10.6. The van der Waals surface area contributed by atoms with Gasteiger partial charge < -0.3 is 16.2 Å². The topological polar surface area (TPSA) is 104 Å². The number of hydrogen-bond acceptors (Lipinski definition) is 6. The fraction of sp³-hybridized carbons (Fsp3) is 0.286. The zero-order chi connectivity index (χ0) is 10.7. The Morgan fingerprint density at radius 3 is 2.64 bits per heavy atom. The van der Waals surface area contributed by atoms with Crippen LogP contribution in [0.1, 0.15) is 17.4 Å². The maximum absolute atomic E-state index is 11.2. The van der Waals surface area contributed by atoms with E-state index in [2.05, 4.69) is 14.7 Å². The Bertz CT molecular complexity index is 369. The fourth-order valence-electron chi connectivity index (χ4n) is 0.791. The van der Waals surface area contributed by atoms with Gasteiger partial charge in [0.1, 0.15) is 0 Å². The summed E-state index contributed by atoms with van der Waals surface area (Å²) in [6.45, 7) is 1.89. The van der Waals surface area contributed by atoms with Gasteiger partial charge in [-0.2, -0.15) is 0 Å². The first-order valence-corrected chi connectivity index (χ1v) is 4.19. The van der Waals surface area contributed by atoms with E-state index in [0.717, 1.165) is 0 Å². The number of ether oxygens (including phenoxy) is 1. The van der Waals surface area contributed by atoms with Crippen LogP contribution in [0, 0.1) is 0 Å². The molecule has 7 heteroatoms. The van der Waals surface area contributed by atoms with Crippen molar-refractivity contribution < 1.29 is 9.53 Å². The minimum absolute atomic E-state index is 0.0165. The van der Waals surface area contributed by atoms with Crippen LogP contribution in [0.15, 0.2) is 0 Å². The summed E-state index contributed by atoms with van der Waals surface area (Å²) in [4.78, 5) is 18.5. The van der Waals surface area contributed by atoms with Crippen molar-refractivity contribution in [1.29, 1.82) is 0 Å². The Morgan fingerprint density at radius 1 is 1.43 bits per heavy atom. The van der Waals surface area contributed by atoms with Gasteiger partial charge in [-0.3, -0.25) is 0 Å². The minimum atomic E-state index is -0.667. The van der Waals surface area contributed by atoms with Crippen molar-refractivity contribution in [2.45, 2.75) is 6.92 Å². The van der Waals surface area contributed by atoms with Crippen LogP contribution in [0.5, 0.6) is 0 Å². The Hall–Kier alpha value is -1.56. The zero-order valence-corrected chi connectivity index (χ0v) is 8.21. The fourth-order valence-corrected chi connectivity index (χ4v) is 0.918. The summed E-state index contributed by atoms with van der Waals surface area (Å²) in [5, 5.41) is -0.0674. The molecule has 14 heavy (non-hydrogen) atoms. The highest BCUT2D eigenvalue weighted by molar-refractivity contribution is 6.31. The van der Waals surface area contributed by atoms with Gasteiger partial charge in [-0.05, 0) is 6.92 Å². The molecule has 0 saturated heterocycles. The van der Waals surface area contributed by atoms with Gasteiger partial charge in [0.2, 0.25) is 0 Å². The predicted molar refractivity (Wildman–Crippen MR) is 51.8 cm³/mol. The number of aromatic nitrogens is 2. The second-order valence-corrected chi connectivity index (χ2v) is 2.71. The highest BCUT2D eigenvalue weighted by Gasteiger charge is 2.16. The lowest BCUT2D eigenvalue weighted by molar-refractivity contribution is 0.0520. The van der Waals surface area contributed by atoms with E-state index in [1.165, 1.54) is 0 Å². The van der Waals surface area contributed by atoms with Crippen LogP contribution in [0.3, 0.4) is 0 Å². The summed E-state index contributed by atoms with van der Waals surface area (Å²) in [6.07, 6.45) is 0. The molecule has 1 aromatic heterocycles. The number of carbonyl (C=O) groups excluding carboxylic acids is 1. The highest BCUT2D eigenvalue weighted by Crippen LogP contribution is 2.17. The van der Waals surface area contributed by atoms with Crippen LogP contribution in [0.2, 0.25) is 5.15 Å². The zero-order valence-electron chi connectivity index (χ0n) is 7.45. The normalized spacial score (nSPS) is 9.86. The molecule has 1 heterocycles. The highest BCUT2D eigenvalue weighted by atomic mass is 35.5. The molecule has 0 unspecified atom stereocenters. The van der Waals surface area contributed by atoms with Crippen LogP contribution in [-0.2, 0) is 4.74 Å². The molecule has 0 aliphatic carbocycles. The third-order valence-corrected chi connectivity index (χ3v) is 1.65. The summed E-state index contributed by atoms with van der Waals surface area (Å²) < 4.78 is 4.68. The number of rotatable bonds is 2. The monoisotopic (exact) mass is 216 g/mol. The lowest BCUT2D eigenvalue weighted by Gasteiger charge is -2.04. The van der Waals surface area contributed by atoms with E-state index in [9.17, 15) is 4.79 Å². The van der Waals surface area contributed by atoms with E-state index in [-0.39, 0.29) is 29.1 Å². The number of halogens is 1. The molecule has 0 fully saturated rings. The van der Waals surface area contributed by atoms with Crippen molar-refractivity contribution in [2.75, 3.05) is 18.1 Å². The average molecular weight is 217 g/mol. The molecule has 0 amide bonds. The molecule has 0 atom stereocenters. The summed E-state index contributed by atoms with van der Waals surface area (Å²) in [7, 11) is 0. The van der Waals surface area contributed by atoms with Crippen LogP contribution < -0.4 is 11.5 Å². The second kappa shape index (κ2) is 4.10. The molecule has 1 aromatic rings. The molecule has 0 radical (unpaired) electrons. The van der Waals surface area contributed by atoms with Gasteiger partial charge in [-0.1, -0.05) is 11.6 Å².